The van der Waals surface area contributed by atoms with Crippen molar-refractivity contribution in [2.24, 2.45) is 0 Å². The maximum Gasteiger partial charge on any atom is 0.162 e. The molecule has 0 amide bonds. The van der Waals surface area contributed by atoms with Gasteiger partial charge in [-0.15, -0.1) is 0 Å². The van der Waals surface area contributed by atoms with E-state index in [2.05, 4.69) is 10.3 Å². The number of phenolic OH excluding ortho intramolecular Hbond substituents is 2. The van der Waals surface area contributed by atoms with Crippen LogP contribution in [0.5, 0.6) is 11.5 Å². The molecule has 0 unspecified atom stereocenters. The number of hydroxylamine groups is 1. The SMILES string of the molecule is CONCc1cccc(O)c1O. The van der Waals surface area contributed by atoms with Gasteiger partial charge in [-0.3, -0.25) is 0 Å². The minimum Gasteiger partial charge on any atom is -0.504 e. The molecule has 0 atom stereocenters. The van der Waals surface area contributed by atoms with Gasteiger partial charge in [0.2, 0.25) is 0 Å². The van der Waals surface area contributed by atoms with Crippen molar-refractivity contribution >= 4 is 0 Å². The Labute approximate surface area is 70.4 Å². The van der Waals surface area contributed by atoms with Crippen molar-refractivity contribution in [1.29, 1.82) is 0 Å². The molecule has 0 saturated heterocycles. The van der Waals surface area contributed by atoms with Gasteiger partial charge in [0, 0.05) is 12.1 Å². The maximum atomic E-state index is 9.28. The highest BCUT2D eigenvalue weighted by molar-refractivity contribution is 5.44. The van der Waals surface area contributed by atoms with Gasteiger partial charge in [-0.2, -0.15) is 5.48 Å². The molecule has 66 valence electrons. The molecule has 0 bridgehead atoms. The molecule has 1 aromatic rings. The van der Waals surface area contributed by atoms with Gasteiger partial charge in [0.05, 0.1) is 7.11 Å². The molecule has 0 aliphatic heterocycles. The number of benzene rings is 1. The van der Waals surface area contributed by atoms with E-state index in [-0.39, 0.29) is 11.5 Å². The number of phenols is 2. The van der Waals surface area contributed by atoms with E-state index < -0.39 is 0 Å². The number of nitrogens with one attached hydrogen (secondary N) is 1. The van der Waals surface area contributed by atoms with Gasteiger partial charge in [0.1, 0.15) is 0 Å². The van der Waals surface area contributed by atoms with Crippen molar-refractivity contribution in [3.05, 3.63) is 23.8 Å². The van der Waals surface area contributed by atoms with Gasteiger partial charge in [-0.25, -0.2) is 0 Å². The van der Waals surface area contributed by atoms with Crippen LogP contribution in [0.4, 0.5) is 0 Å². The largest absolute Gasteiger partial charge is 0.504 e. The molecule has 0 aliphatic carbocycles. The van der Waals surface area contributed by atoms with Gasteiger partial charge in [0.15, 0.2) is 11.5 Å². The first kappa shape index (κ1) is 8.83. The van der Waals surface area contributed by atoms with Crippen LogP contribution < -0.4 is 5.48 Å². The molecule has 0 fully saturated rings. The third kappa shape index (κ3) is 1.87. The molecule has 4 heteroatoms. The standard InChI is InChI=1S/C8H11NO3/c1-12-9-5-6-3-2-4-7(10)8(6)11/h2-4,9-11H,5H2,1H3. The van der Waals surface area contributed by atoms with E-state index in [1.54, 1.807) is 12.1 Å². The fourth-order valence-corrected chi connectivity index (χ4v) is 0.870. The second-order valence-corrected chi connectivity index (χ2v) is 2.31. The Hall–Kier alpha value is -1.26. The van der Waals surface area contributed by atoms with Gasteiger partial charge in [0.25, 0.3) is 0 Å². The number of hydrogen-bond acceptors (Lipinski definition) is 4. The second kappa shape index (κ2) is 3.94. The average molecular weight is 169 g/mol. The van der Waals surface area contributed by atoms with Gasteiger partial charge >= 0.3 is 0 Å². The molecular weight excluding hydrogens is 158 g/mol. The zero-order valence-corrected chi connectivity index (χ0v) is 6.74. The first-order chi connectivity index (χ1) is 5.75. The highest BCUT2D eigenvalue weighted by Gasteiger charge is 2.03. The molecule has 0 aliphatic rings. The monoisotopic (exact) mass is 169 g/mol. The quantitative estimate of drug-likeness (QED) is 0.461. The van der Waals surface area contributed by atoms with E-state index in [1.165, 1.54) is 13.2 Å². The summed E-state index contributed by atoms with van der Waals surface area (Å²) in [5.41, 5.74) is 3.16. The van der Waals surface area contributed by atoms with Crippen LogP contribution in [0.15, 0.2) is 18.2 Å². The van der Waals surface area contributed by atoms with E-state index in [4.69, 9.17) is 5.11 Å². The first-order valence-corrected chi connectivity index (χ1v) is 3.51. The van der Waals surface area contributed by atoms with Crippen LogP contribution >= 0.6 is 0 Å². The lowest BCUT2D eigenvalue weighted by atomic mass is 10.2. The normalized spacial score (nSPS) is 10.1. The highest BCUT2D eigenvalue weighted by atomic mass is 16.6. The summed E-state index contributed by atoms with van der Waals surface area (Å²) >= 11 is 0. The molecule has 4 nitrogen and oxygen atoms in total. The lowest BCUT2D eigenvalue weighted by Crippen LogP contribution is -2.10. The molecule has 3 N–H and O–H groups in total. The van der Waals surface area contributed by atoms with Crippen LogP contribution in [0.2, 0.25) is 0 Å². The molecule has 0 aromatic heterocycles. The van der Waals surface area contributed by atoms with Crippen LogP contribution in [0.25, 0.3) is 0 Å². The zero-order valence-electron chi connectivity index (χ0n) is 6.74. The van der Waals surface area contributed by atoms with E-state index in [9.17, 15) is 5.11 Å². The fourth-order valence-electron chi connectivity index (χ4n) is 0.870. The Morgan fingerprint density at radius 1 is 1.42 bits per heavy atom. The van der Waals surface area contributed by atoms with E-state index in [1.807, 2.05) is 0 Å². The van der Waals surface area contributed by atoms with E-state index in [0.29, 0.717) is 12.1 Å². The number of rotatable bonds is 3. The smallest absolute Gasteiger partial charge is 0.162 e. The Bertz CT molecular complexity index is 262. The van der Waals surface area contributed by atoms with Crippen molar-refractivity contribution in [3.8, 4) is 11.5 Å². The van der Waals surface area contributed by atoms with E-state index in [0.717, 1.165) is 0 Å². The third-order valence-electron chi connectivity index (χ3n) is 1.51. The Morgan fingerprint density at radius 2 is 2.17 bits per heavy atom. The van der Waals surface area contributed by atoms with Crippen molar-refractivity contribution in [2.45, 2.75) is 6.54 Å². The first-order valence-electron chi connectivity index (χ1n) is 3.51. The average Bonchev–Trinajstić information content (AvgIpc) is 2.08. The number of para-hydroxylation sites is 1. The summed E-state index contributed by atoms with van der Waals surface area (Å²) < 4.78 is 0. The van der Waals surface area contributed by atoms with Crippen LogP contribution in [0.1, 0.15) is 5.56 Å². The Balaban J connectivity index is 2.78. The second-order valence-electron chi connectivity index (χ2n) is 2.31. The predicted molar refractivity (Wildman–Crippen MR) is 43.6 cm³/mol. The molecule has 12 heavy (non-hydrogen) atoms. The summed E-state index contributed by atoms with van der Waals surface area (Å²) in [5.74, 6) is -0.229. The summed E-state index contributed by atoms with van der Waals surface area (Å²) in [5, 5.41) is 18.4. The summed E-state index contributed by atoms with van der Waals surface area (Å²) in [4.78, 5) is 4.60. The molecule has 0 heterocycles. The topological polar surface area (TPSA) is 61.7 Å². The molecule has 0 radical (unpaired) electrons. The van der Waals surface area contributed by atoms with Crippen LogP contribution in [-0.4, -0.2) is 17.3 Å². The minimum absolute atomic E-state index is 0.109. The van der Waals surface area contributed by atoms with Crippen LogP contribution in [0.3, 0.4) is 0 Å². The molecular formula is C8H11NO3. The highest BCUT2D eigenvalue weighted by Crippen LogP contribution is 2.27. The number of hydrogen-bond donors (Lipinski definition) is 3. The lowest BCUT2D eigenvalue weighted by Gasteiger charge is -2.05. The third-order valence-corrected chi connectivity index (χ3v) is 1.51. The Kier molecular flexibility index (Phi) is 2.90. The van der Waals surface area contributed by atoms with Crippen molar-refractivity contribution < 1.29 is 15.1 Å². The van der Waals surface area contributed by atoms with Crippen LogP contribution in [0, 0.1) is 0 Å². The van der Waals surface area contributed by atoms with Gasteiger partial charge in [-0.05, 0) is 6.07 Å². The van der Waals surface area contributed by atoms with Crippen LogP contribution in [-0.2, 0) is 11.4 Å². The fraction of sp³-hybridized carbons (Fsp3) is 0.250. The summed E-state index contributed by atoms with van der Waals surface area (Å²) in [7, 11) is 1.49. The molecule has 1 aromatic carbocycles. The summed E-state index contributed by atoms with van der Waals surface area (Å²) in [6.07, 6.45) is 0. The summed E-state index contributed by atoms with van der Waals surface area (Å²) in [6, 6.07) is 4.77. The molecule has 0 saturated carbocycles. The Morgan fingerprint density at radius 3 is 2.83 bits per heavy atom. The summed E-state index contributed by atoms with van der Waals surface area (Å²) in [6.45, 7) is 0.358. The van der Waals surface area contributed by atoms with Crippen molar-refractivity contribution in [3.63, 3.8) is 0 Å². The maximum absolute atomic E-state index is 9.28. The van der Waals surface area contributed by atoms with Gasteiger partial charge < -0.3 is 15.1 Å². The van der Waals surface area contributed by atoms with E-state index >= 15 is 0 Å². The minimum atomic E-state index is -0.120. The predicted octanol–water partition coefficient (Wildman–Crippen LogP) is 0.749. The lowest BCUT2D eigenvalue weighted by molar-refractivity contribution is 0.0861. The number of aromatic hydroxyl groups is 2. The van der Waals surface area contributed by atoms with Gasteiger partial charge in [-0.1, -0.05) is 12.1 Å². The molecule has 1 rings (SSSR count). The van der Waals surface area contributed by atoms with Crippen molar-refractivity contribution in [2.75, 3.05) is 7.11 Å². The van der Waals surface area contributed by atoms with Crippen molar-refractivity contribution in [1.82, 2.24) is 5.48 Å². The molecule has 0 spiro atoms. The zero-order chi connectivity index (χ0) is 8.97.